The van der Waals surface area contributed by atoms with Crippen LogP contribution in [0.3, 0.4) is 0 Å². The van der Waals surface area contributed by atoms with Gasteiger partial charge in [0.05, 0.1) is 22.0 Å². The minimum absolute atomic E-state index is 0.484. The van der Waals surface area contributed by atoms with Crippen molar-refractivity contribution in [3.05, 3.63) is 45.5 Å². The minimum atomic E-state index is -0.612. The molecular weight excluding hydrogens is 273 g/mol. The highest BCUT2D eigenvalue weighted by Gasteiger charge is 2.21. The number of nitrogens with zero attached hydrogens (tertiary/aromatic N) is 2. The Morgan fingerprint density at radius 2 is 2.00 bits per heavy atom. The largest absolute Gasteiger partial charge is 0.339 e. The average molecular weight is 286 g/mol. The molecule has 2 N–H and O–H groups in total. The van der Waals surface area contributed by atoms with Gasteiger partial charge in [-0.1, -0.05) is 34.4 Å². The van der Waals surface area contributed by atoms with E-state index in [1.54, 1.807) is 12.1 Å². The molecule has 0 aliphatic rings. The smallest absolute Gasteiger partial charge is 0.231 e. The lowest BCUT2D eigenvalue weighted by Gasteiger charge is -2.11. The van der Waals surface area contributed by atoms with Crippen LogP contribution < -0.4 is 5.73 Å². The van der Waals surface area contributed by atoms with Crippen molar-refractivity contribution < 1.29 is 4.52 Å². The first-order valence-electron chi connectivity index (χ1n) is 5.42. The van der Waals surface area contributed by atoms with Crippen LogP contribution in [0.2, 0.25) is 10.0 Å². The fourth-order valence-electron chi connectivity index (χ4n) is 1.41. The lowest BCUT2D eigenvalue weighted by atomic mass is 10.1. The summed E-state index contributed by atoms with van der Waals surface area (Å²) in [6, 6.07) is 5.39. The Hall–Kier alpha value is -1.10. The third-order valence-electron chi connectivity index (χ3n) is 2.38. The molecule has 96 valence electrons. The second-order valence-electron chi connectivity index (χ2n) is 4.66. The molecule has 0 saturated carbocycles. The SMILES string of the molecule is CC(C)(N)c1noc(Cc2ccc(Cl)c(Cl)c2)n1. The fourth-order valence-corrected chi connectivity index (χ4v) is 1.73. The molecule has 0 radical (unpaired) electrons. The van der Waals surface area contributed by atoms with Crippen LogP contribution in [0.4, 0.5) is 0 Å². The van der Waals surface area contributed by atoms with E-state index in [4.69, 9.17) is 33.5 Å². The van der Waals surface area contributed by atoms with E-state index in [9.17, 15) is 0 Å². The second-order valence-corrected chi connectivity index (χ2v) is 5.47. The van der Waals surface area contributed by atoms with E-state index in [1.807, 2.05) is 19.9 Å². The van der Waals surface area contributed by atoms with E-state index < -0.39 is 5.54 Å². The van der Waals surface area contributed by atoms with Gasteiger partial charge in [-0.25, -0.2) is 0 Å². The summed E-state index contributed by atoms with van der Waals surface area (Å²) in [4.78, 5) is 4.25. The van der Waals surface area contributed by atoms with Gasteiger partial charge >= 0.3 is 0 Å². The first kappa shape index (κ1) is 13.3. The Morgan fingerprint density at radius 3 is 2.56 bits per heavy atom. The Labute approximate surface area is 115 Å². The van der Waals surface area contributed by atoms with Crippen molar-refractivity contribution >= 4 is 23.2 Å². The van der Waals surface area contributed by atoms with Crippen molar-refractivity contribution in [2.24, 2.45) is 5.73 Å². The summed E-state index contributed by atoms with van der Waals surface area (Å²) >= 11 is 11.8. The summed E-state index contributed by atoms with van der Waals surface area (Å²) in [7, 11) is 0. The summed E-state index contributed by atoms with van der Waals surface area (Å²) in [6.07, 6.45) is 0.500. The molecule has 0 unspecified atom stereocenters. The number of hydrogen-bond donors (Lipinski definition) is 1. The zero-order valence-corrected chi connectivity index (χ0v) is 11.6. The predicted octanol–water partition coefficient (Wildman–Crippen LogP) is 3.16. The molecule has 18 heavy (non-hydrogen) atoms. The van der Waals surface area contributed by atoms with E-state index in [1.165, 1.54) is 0 Å². The van der Waals surface area contributed by atoms with Crippen LogP contribution in [0, 0.1) is 0 Å². The van der Waals surface area contributed by atoms with Gasteiger partial charge < -0.3 is 10.3 Å². The van der Waals surface area contributed by atoms with Gasteiger partial charge in [0.1, 0.15) is 0 Å². The van der Waals surface area contributed by atoms with Gasteiger partial charge in [-0.05, 0) is 31.5 Å². The zero-order valence-electron chi connectivity index (χ0n) is 10.1. The Morgan fingerprint density at radius 1 is 1.28 bits per heavy atom. The molecular formula is C12H13Cl2N3O. The second kappa shape index (κ2) is 4.88. The quantitative estimate of drug-likeness (QED) is 0.941. The van der Waals surface area contributed by atoms with E-state index in [-0.39, 0.29) is 0 Å². The number of benzene rings is 1. The van der Waals surface area contributed by atoms with Crippen molar-refractivity contribution in [1.82, 2.24) is 10.1 Å². The van der Waals surface area contributed by atoms with Gasteiger partial charge in [-0.3, -0.25) is 0 Å². The molecule has 0 spiro atoms. The number of halogens is 2. The van der Waals surface area contributed by atoms with Crippen LogP contribution in [0.5, 0.6) is 0 Å². The van der Waals surface area contributed by atoms with E-state index >= 15 is 0 Å². The van der Waals surface area contributed by atoms with Crippen LogP contribution in [0.15, 0.2) is 22.7 Å². The summed E-state index contributed by atoms with van der Waals surface area (Å²) in [5.74, 6) is 0.986. The molecule has 1 aromatic carbocycles. The van der Waals surface area contributed by atoms with Crippen LogP contribution in [-0.4, -0.2) is 10.1 Å². The summed E-state index contributed by atoms with van der Waals surface area (Å²) in [5.41, 5.74) is 6.23. The Bertz CT molecular complexity index is 561. The van der Waals surface area contributed by atoms with Crippen LogP contribution in [0.1, 0.15) is 31.1 Å². The highest BCUT2D eigenvalue weighted by atomic mass is 35.5. The van der Waals surface area contributed by atoms with E-state index in [2.05, 4.69) is 10.1 Å². The lowest BCUT2D eigenvalue weighted by Crippen LogP contribution is -2.30. The van der Waals surface area contributed by atoms with Crippen LogP contribution in [0.25, 0.3) is 0 Å². The average Bonchev–Trinajstić information content (AvgIpc) is 2.72. The van der Waals surface area contributed by atoms with Crippen molar-refractivity contribution in [3.8, 4) is 0 Å². The predicted molar refractivity (Wildman–Crippen MR) is 70.8 cm³/mol. The molecule has 0 aliphatic carbocycles. The first-order valence-corrected chi connectivity index (χ1v) is 6.18. The molecule has 0 amide bonds. The van der Waals surface area contributed by atoms with Gasteiger partial charge in [-0.2, -0.15) is 4.98 Å². The molecule has 0 atom stereocenters. The molecule has 0 fully saturated rings. The maximum absolute atomic E-state index is 5.94. The summed E-state index contributed by atoms with van der Waals surface area (Å²) < 4.78 is 5.15. The number of hydrogen-bond acceptors (Lipinski definition) is 4. The zero-order chi connectivity index (χ0) is 13.3. The molecule has 2 aromatic rings. The molecule has 0 aliphatic heterocycles. The number of aromatic nitrogens is 2. The van der Waals surface area contributed by atoms with Gasteiger partial charge in [0.2, 0.25) is 5.89 Å². The maximum Gasteiger partial charge on any atom is 0.231 e. The minimum Gasteiger partial charge on any atom is -0.339 e. The van der Waals surface area contributed by atoms with Crippen molar-refractivity contribution in [2.75, 3.05) is 0 Å². The standard InChI is InChI=1S/C12H13Cl2N3O/c1-12(2,15)11-16-10(18-17-11)6-7-3-4-8(13)9(14)5-7/h3-5H,6,15H2,1-2H3. The lowest BCUT2D eigenvalue weighted by molar-refractivity contribution is 0.365. The molecule has 1 heterocycles. The van der Waals surface area contributed by atoms with Gasteiger partial charge in [0.25, 0.3) is 0 Å². The van der Waals surface area contributed by atoms with E-state index in [0.717, 1.165) is 5.56 Å². The Kier molecular flexibility index (Phi) is 3.61. The maximum atomic E-state index is 5.94. The number of rotatable bonds is 3. The normalized spacial score (nSPS) is 11.8. The summed E-state index contributed by atoms with van der Waals surface area (Å²) in [5, 5.41) is 4.88. The fraction of sp³-hybridized carbons (Fsp3) is 0.333. The van der Waals surface area contributed by atoms with Crippen LogP contribution >= 0.6 is 23.2 Å². The molecule has 4 nitrogen and oxygen atoms in total. The van der Waals surface area contributed by atoms with Gasteiger partial charge in [0.15, 0.2) is 5.82 Å². The molecule has 1 aromatic heterocycles. The topological polar surface area (TPSA) is 64.9 Å². The van der Waals surface area contributed by atoms with Crippen LogP contribution in [-0.2, 0) is 12.0 Å². The summed E-state index contributed by atoms with van der Waals surface area (Å²) in [6.45, 7) is 3.64. The van der Waals surface area contributed by atoms with Gasteiger partial charge in [0, 0.05) is 0 Å². The first-order chi connectivity index (χ1) is 8.36. The van der Waals surface area contributed by atoms with Crippen molar-refractivity contribution in [3.63, 3.8) is 0 Å². The number of nitrogens with two attached hydrogens (primary N) is 1. The van der Waals surface area contributed by atoms with E-state index in [0.29, 0.717) is 28.2 Å². The molecule has 0 bridgehead atoms. The highest BCUT2D eigenvalue weighted by Crippen LogP contribution is 2.24. The monoisotopic (exact) mass is 285 g/mol. The highest BCUT2D eigenvalue weighted by molar-refractivity contribution is 6.42. The molecule has 0 saturated heterocycles. The Balaban J connectivity index is 2.19. The van der Waals surface area contributed by atoms with Gasteiger partial charge in [-0.15, -0.1) is 0 Å². The van der Waals surface area contributed by atoms with Crippen molar-refractivity contribution in [2.45, 2.75) is 25.8 Å². The van der Waals surface area contributed by atoms with Crippen molar-refractivity contribution in [1.29, 1.82) is 0 Å². The molecule has 6 heteroatoms. The third-order valence-corrected chi connectivity index (χ3v) is 3.12. The third kappa shape index (κ3) is 3.02. The molecule has 2 rings (SSSR count).